The molecular weight excluding hydrogens is 251 g/mol. The molecule has 0 unspecified atom stereocenters. The second-order valence-electron chi connectivity index (χ2n) is 3.80. The lowest BCUT2D eigenvalue weighted by atomic mass is 10.1. The normalized spacial score (nSPS) is 10.5. The smallest absolute Gasteiger partial charge is 0.316 e. The zero-order valence-electron chi connectivity index (χ0n) is 10.6. The van der Waals surface area contributed by atoms with Crippen molar-refractivity contribution < 1.29 is 18.7 Å². The summed E-state index contributed by atoms with van der Waals surface area (Å²) in [6, 6.07) is 2.97. The molecule has 0 amide bonds. The van der Waals surface area contributed by atoms with E-state index in [1.165, 1.54) is 19.4 Å². The number of fused-ring (bicyclic) bond motifs is 1. The Hall–Kier alpha value is -2.24. The second-order valence-corrected chi connectivity index (χ2v) is 3.80. The van der Waals surface area contributed by atoms with Crippen LogP contribution in [0.3, 0.4) is 0 Å². The number of rotatable bonds is 4. The Morgan fingerprint density at radius 2 is 2.21 bits per heavy atom. The number of hydrogen-bond acceptors (Lipinski definition) is 5. The predicted molar refractivity (Wildman–Crippen MR) is 66.4 cm³/mol. The van der Waals surface area contributed by atoms with Gasteiger partial charge in [-0.2, -0.15) is 4.98 Å². The second kappa shape index (κ2) is 5.60. The Balaban J connectivity index is 2.50. The first-order valence-electron chi connectivity index (χ1n) is 5.79. The van der Waals surface area contributed by atoms with Crippen molar-refractivity contribution in [2.75, 3.05) is 13.7 Å². The van der Waals surface area contributed by atoms with E-state index in [-0.39, 0.29) is 24.6 Å². The van der Waals surface area contributed by atoms with Crippen LogP contribution in [0.4, 0.5) is 4.39 Å². The quantitative estimate of drug-likeness (QED) is 0.789. The average molecular weight is 264 g/mol. The summed E-state index contributed by atoms with van der Waals surface area (Å²) in [7, 11) is 1.42. The van der Waals surface area contributed by atoms with E-state index in [2.05, 4.69) is 9.97 Å². The summed E-state index contributed by atoms with van der Waals surface area (Å²) in [5, 5.41) is 0.640. The minimum Gasteiger partial charge on any atom is -0.467 e. The number of aromatic nitrogens is 2. The molecule has 0 aliphatic rings. The fourth-order valence-electron chi connectivity index (χ4n) is 1.74. The summed E-state index contributed by atoms with van der Waals surface area (Å²) in [6.45, 7) is 1.95. The minimum absolute atomic E-state index is 0.128. The van der Waals surface area contributed by atoms with E-state index < -0.39 is 11.8 Å². The van der Waals surface area contributed by atoms with Crippen LogP contribution in [-0.4, -0.2) is 29.7 Å². The lowest BCUT2D eigenvalue weighted by Crippen LogP contribution is -2.10. The summed E-state index contributed by atoms with van der Waals surface area (Å²) >= 11 is 0. The maximum absolute atomic E-state index is 13.8. The number of ether oxygens (including phenoxy) is 2. The summed E-state index contributed by atoms with van der Waals surface area (Å²) in [5.41, 5.74) is 0.552. The van der Waals surface area contributed by atoms with Crippen molar-refractivity contribution in [1.29, 1.82) is 0 Å². The summed E-state index contributed by atoms with van der Waals surface area (Å²) < 4.78 is 23.6. The largest absolute Gasteiger partial charge is 0.467 e. The van der Waals surface area contributed by atoms with Crippen LogP contribution in [0.1, 0.15) is 12.5 Å². The van der Waals surface area contributed by atoms with E-state index in [0.717, 1.165) is 0 Å². The highest BCUT2D eigenvalue weighted by Crippen LogP contribution is 2.22. The molecule has 0 saturated heterocycles. The van der Waals surface area contributed by atoms with Gasteiger partial charge in [-0.1, -0.05) is 0 Å². The fourth-order valence-corrected chi connectivity index (χ4v) is 1.74. The van der Waals surface area contributed by atoms with Gasteiger partial charge in [-0.3, -0.25) is 4.79 Å². The highest BCUT2D eigenvalue weighted by Gasteiger charge is 2.15. The monoisotopic (exact) mass is 264 g/mol. The zero-order chi connectivity index (χ0) is 13.8. The maximum atomic E-state index is 13.8. The first-order chi connectivity index (χ1) is 9.15. The van der Waals surface area contributed by atoms with Gasteiger partial charge in [0.15, 0.2) is 0 Å². The number of carbonyl (C=O) groups is 1. The van der Waals surface area contributed by atoms with Crippen LogP contribution < -0.4 is 4.74 Å². The molecule has 6 heteroatoms. The van der Waals surface area contributed by atoms with Crippen LogP contribution in [-0.2, 0) is 16.0 Å². The summed E-state index contributed by atoms with van der Waals surface area (Å²) in [4.78, 5) is 19.5. The standard InChI is InChI=1S/C13H13FN2O3/c1-3-19-11(17)6-9-10(14)5-4-8-7-15-13(18-2)16-12(8)9/h4-5,7H,3,6H2,1-2H3. The number of esters is 1. The van der Waals surface area contributed by atoms with E-state index in [0.29, 0.717) is 10.9 Å². The molecule has 5 nitrogen and oxygen atoms in total. The molecule has 1 heterocycles. The molecule has 0 N–H and O–H groups in total. The van der Waals surface area contributed by atoms with Crippen LogP contribution in [0.25, 0.3) is 10.9 Å². The topological polar surface area (TPSA) is 61.3 Å². The molecule has 100 valence electrons. The van der Waals surface area contributed by atoms with E-state index in [9.17, 15) is 9.18 Å². The zero-order valence-corrected chi connectivity index (χ0v) is 10.6. The average Bonchev–Trinajstić information content (AvgIpc) is 2.42. The molecule has 0 fully saturated rings. The molecule has 1 aromatic heterocycles. The number of benzene rings is 1. The van der Waals surface area contributed by atoms with E-state index in [4.69, 9.17) is 9.47 Å². The Bertz CT molecular complexity index is 616. The molecule has 0 saturated carbocycles. The van der Waals surface area contributed by atoms with Gasteiger partial charge in [0.05, 0.1) is 25.7 Å². The minimum atomic E-state index is -0.499. The van der Waals surface area contributed by atoms with Crippen molar-refractivity contribution in [1.82, 2.24) is 9.97 Å². The van der Waals surface area contributed by atoms with E-state index in [1.54, 1.807) is 13.0 Å². The fraction of sp³-hybridized carbons (Fsp3) is 0.308. The van der Waals surface area contributed by atoms with Gasteiger partial charge >= 0.3 is 12.0 Å². The van der Waals surface area contributed by atoms with E-state index >= 15 is 0 Å². The molecule has 0 aliphatic carbocycles. The summed E-state index contributed by atoms with van der Waals surface area (Å²) in [6.07, 6.45) is 1.35. The van der Waals surface area contributed by atoms with Crippen LogP contribution in [0, 0.1) is 5.82 Å². The highest BCUT2D eigenvalue weighted by molar-refractivity contribution is 5.85. The molecule has 0 spiro atoms. The highest BCUT2D eigenvalue weighted by atomic mass is 19.1. The molecule has 1 aromatic carbocycles. The number of methoxy groups -OCH3 is 1. The van der Waals surface area contributed by atoms with Gasteiger partial charge in [0.1, 0.15) is 5.82 Å². The van der Waals surface area contributed by atoms with Crippen molar-refractivity contribution in [3.63, 3.8) is 0 Å². The van der Waals surface area contributed by atoms with Gasteiger partial charge in [0, 0.05) is 17.1 Å². The molecule has 0 atom stereocenters. The van der Waals surface area contributed by atoms with Crippen molar-refractivity contribution in [3.05, 3.63) is 29.7 Å². The van der Waals surface area contributed by atoms with Crippen molar-refractivity contribution in [3.8, 4) is 6.01 Å². The Morgan fingerprint density at radius 1 is 1.42 bits per heavy atom. The Labute approximate surface area is 109 Å². The van der Waals surface area contributed by atoms with Crippen molar-refractivity contribution in [2.24, 2.45) is 0 Å². The molecule has 0 radical (unpaired) electrons. The van der Waals surface area contributed by atoms with Gasteiger partial charge < -0.3 is 9.47 Å². The van der Waals surface area contributed by atoms with Crippen LogP contribution in [0.15, 0.2) is 18.3 Å². The van der Waals surface area contributed by atoms with E-state index in [1.807, 2.05) is 0 Å². The van der Waals surface area contributed by atoms with Crippen LogP contribution in [0.2, 0.25) is 0 Å². The summed E-state index contributed by atoms with van der Waals surface area (Å²) in [5.74, 6) is -0.993. The maximum Gasteiger partial charge on any atom is 0.316 e. The molecule has 19 heavy (non-hydrogen) atoms. The third kappa shape index (κ3) is 2.78. The van der Waals surface area contributed by atoms with Crippen molar-refractivity contribution >= 4 is 16.9 Å². The lowest BCUT2D eigenvalue weighted by Gasteiger charge is -2.07. The van der Waals surface area contributed by atoms with Gasteiger partial charge in [0.25, 0.3) is 0 Å². The number of hydrogen-bond donors (Lipinski definition) is 0. The van der Waals surface area contributed by atoms with Gasteiger partial charge in [-0.05, 0) is 19.1 Å². The number of carbonyl (C=O) groups excluding carboxylic acids is 1. The molecule has 2 rings (SSSR count). The molecule has 0 bridgehead atoms. The third-order valence-electron chi connectivity index (χ3n) is 2.59. The van der Waals surface area contributed by atoms with Gasteiger partial charge in [-0.15, -0.1) is 0 Å². The predicted octanol–water partition coefficient (Wildman–Crippen LogP) is 1.88. The first kappa shape index (κ1) is 13.2. The van der Waals surface area contributed by atoms with Gasteiger partial charge in [0.2, 0.25) is 0 Å². The lowest BCUT2D eigenvalue weighted by molar-refractivity contribution is -0.142. The number of halogens is 1. The Kier molecular flexibility index (Phi) is 3.89. The number of nitrogens with zero attached hydrogens (tertiary/aromatic N) is 2. The molecule has 2 aromatic rings. The first-order valence-corrected chi connectivity index (χ1v) is 5.79. The molecular formula is C13H13FN2O3. The SMILES string of the molecule is CCOC(=O)Cc1c(F)ccc2cnc(OC)nc12. The van der Waals surface area contributed by atoms with Crippen molar-refractivity contribution in [2.45, 2.75) is 13.3 Å². The third-order valence-corrected chi connectivity index (χ3v) is 2.59. The van der Waals surface area contributed by atoms with Crippen LogP contribution >= 0.6 is 0 Å². The molecule has 0 aliphatic heterocycles. The van der Waals surface area contributed by atoms with Gasteiger partial charge in [-0.25, -0.2) is 9.37 Å². The Morgan fingerprint density at radius 3 is 2.89 bits per heavy atom. The van der Waals surface area contributed by atoms with Crippen LogP contribution in [0.5, 0.6) is 6.01 Å².